The highest BCUT2D eigenvalue weighted by molar-refractivity contribution is 5.85. The van der Waals surface area contributed by atoms with Crippen molar-refractivity contribution in [1.29, 1.82) is 0 Å². The normalized spacial score (nSPS) is 16.3. The summed E-state index contributed by atoms with van der Waals surface area (Å²) in [6.07, 6.45) is 2.66. The van der Waals surface area contributed by atoms with E-state index in [9.17, 15) is 0 Å². The van der Waals surface area contributed by atoms with Crippen LogP contribution < -0.4 is 10.1 Å². The molecule has 0 aliphatic carbocycles. The summed E-state index contributed by atoms with van der Waals surface area (Å²) in [5.74, 6) is 0.894. The van der Waals surface area contributed by atoms with Gasteiger partial charge in [-0.3, -0.25) is 0 Å². The second-order valence-electron chi connectivity index (χ2n) is 4.11. The van der Waals surface area contributed by atoms with Crippen LogP contribution in [0.15, 0.2) is 24.3 Å². The van der Waals surface area contributed by atoms with Crippen LogP contribution in [-0.4, -0.2) is 26.3 Å². The third-order valence-corrected chi connectivity index (χ3v) is 2.93. The maximum absolute atomic E-state index is 5.86. The zero-order valence-corrected chi connectivity index (χ0v) is 11.0. The minimum absolute atomic E-state index is 0. The van der Waals surface area contributed by atoms with E-state index in [4.69, 9.17) is 9.47 Å². The van der Waals surface area contributed by atoms with E-state index in [1.165, 1.54) is 5.56 Å². The Hall–Kier alpha value is -0.770. The molecule has 0 aromatic heterocycles. The Labute approximate surface area is 109 Å². The van der Waals surface area contributed by atoms with Crippen LogP contribution >= 0.6 is 12.4 Å². The Morgan fingerprint density at radius 3 is 2.41 bits per heavy atom. The number of hydrogen-bond donors (Lipinski definition) is 1. The van der Waals surface area contributed by atoms with Gasteiger partial charge in [0.15, 0.2) is 0 Å². The molecule has 3 nitrogen and oxygen atoms in total. The largest absolute Gasteiger partial charge is 0.497 e. The molecule has 1 aliphatic rings. The highest BCUT2D eigenvalue weighted by Gasteiger charge is 2.12. The Bertz CT molecular complexity index is 310. The lowest BCUT2D eigenvalue weighted by Gasteiger charge is -2.22. The van der Waals surface area contributed by atoms with Gasteiger partial charge in [0.05, 0.1) is 19.8 Å². The van der Waals surface area contributed by atoms with Gasteiger partial charge in [-0.2, -0.15) is 0 Å². The predicted molar refractivity (Wildman–Crippen MR) is 70.9 cm³/mol. The fraction of sp³-hybridized carbons (Fsp3) is 0.538. The maximum atomic E-state index is 5.86. The van der Waals surface area contributed by atoms with E-state index in [0.717, 1.165) is 31.7 Å². The summed E-state index contributed by atoms with van der Waals surface area (Å²) in [7, 11) is 1.68. The Morgan fingerprint density at radius 2 is 1.82 bits per heavy atom. The van der Waals surface area contributed by atoms with E-state index in [2.05, 4.69) is 17.4 Å². The third-order valence-electron chi connectivity index (χ3n) is 2.93. The Kier molecular flexibility index (Phi) is 6.34. The van der Waals surface area contributed by atoms with Gasteiger partial charge < -0.3 is 14.8 Å². The van der Waals surface area contributed by atoms with E-state index in [0.29, 0.717) is 12.7 Å². The molecule has 1 N–H and O–H groups in total. The highest BCUT2D eigenvalue weighted by Crippen LogP contribution is 2.14. The molecule has 0 spiro atoms. The quantitative estimate of drug-likeness (QED) is 0.899. The van der Waals surface area contributed by atoms with Crippen molar-refractivity contribution in [3.8, 4) is 5.75 Å². The first-order valence-electron chi connectivity index (χ1n) is 5.84. The molecule has 0 radical (unpaired) electrons. The molecule has 1 aromatic rings. The fourth-order valence-electron chi connectivity index (χ4n) is 1.90. The average molecular weight is 258 g/mol. The van der Waals surface area contributed by atoms with Crippen LogP contribution in [0.2, 0.25) is 0 Å². The number of halogens is 1. The van der Waals surface area contributed by atoms with Gasteiger partial charge in [0.25, 0.3) is 0 Å². The van der Waals surface area contributed by atoms with E-state index < -0.39 is 0 Å². The van der Waals surface area contributed by atoms with E-state index >= 15 is 0 Å². The molecular weight excluding hydrogens is 238 g/mol. The minimum atomic E-state index is 0. The smallest absolute Gasteiger partial charge is 0.118 e. The van der Waals surface area contributed by atoms with Crippen molar-refractivity contribution in [3.63, 3.8) is 0 Å². The van der Waals surface area contributed by atoms with Crippen LogP contribution in [0.25, 0.3) is 0 Å². The lowest BCUT2D eigenvalue weighted by molar-refractivity contribution is 0.0212. The van der Waals surface area contributed by atoms with E-state index in [1.54, 1.807) is 7.11 Å². The van der Waals surface area contributed by atoms with Crippen molar-refractivity contribution >= 4 is 12.4 Å². The molecule has 0 unspecified atom stereocenters. The number of ether oxygens (including phenoxy) is 2. The highest BCUT2D eigenvalue weighted by atomic mass is 35.5. The first-order valence-corrected chi connectivity index (χ1v) is 5.84. The fourth-order valence-corrected chi connectivity index (χ4v) is 1.90. The van der Waals surface area contributed by atoms with E-state index in [-0.39, 0.29) is 12.4 Å². The van der Waals surface area contributed by atoms with Gasteiger partial charge in [0.2, 0.25) is 0 Å². The van der Waals surface area contributed by atoms with Crippen molar-refractivity contribution < 1.29 is 9.47 Å². The minimum Gasteiger partial charge on any atom is -0.497 e. The van der Waals surface area contributed by atoms with Gasteiger partial charge in [-0.25, -0.2) is 0 Å². The molecule has 0 amide bonds. The first kappa shape index (κ1) is 14.3. The second-order valence-corrected chi connectivity index (χ2v) is 4.11. The lowest BCUT2D eigenvalue weighted by atomic mass is 10.1. The molecule has 1 saturated heterocycles. The SMILES string of the molecule is COc1ccc(COC2CCNCC2)cc1.Cl. The third kappa shape index (κ3) is 4.54. The van der Waals surface area contributed by atoms with Crippen molar-refractivity contribution in [2.24, 2.45) is 0 Å². The van der Waals surface area contributed by atoms with Crippen molar-refractivity contribution in [2.45, 2.75) is 25.6 Å². The Balaban J connectivity index is 0.00000144. The van der Waals surface area contributed by atoms with Gasteiger partial charge in [-0.15, -0.1) is 12.4 Å². The number of nitrogens with one attached hydrogen (secondary N) is 1. The number of piperidine rings is 1. The maximum Gasteiger partial charge on any atom is 0.118 e. The topological polar surface area (TPSA) is 30.5 Å². The van der Waals surface area contributed by atoms with Crippen LogP contribution in [0.3, 0.4) is 0 Å². The standard InChI is InChI=1S/C13H19NO2.ClH/c1-15-12-4-2-11(3-5-12)10-16-13-6-8-14-9-7-13;/h2-5,13-14H,6-10H2,1H3;1H. The molecule has 4 heteroatoms. The molecule has 1 heterocycles. The molecule has 1 fully saturated rings. The summed E-state index contributed by atoms with van der Waals surface area (Å²) >= 11 is 0. The first-order chi connectivity index (χ1) is 7.88. The average Bonchev–Trinajstić information content (AvgIpc) is 2.38. The number of rotatable bonds is 4. The van der Waals surface area contributed by atoms with Gasteiger partial charge in [-0.1, -0.05) is 12.1 Å². The second kappa shape index (κ2) is 7.54. The van der Waals surface area contributed by atoms with Gasteiger partial charge >= 0.3 is 0 Å². The molecule has 1 aliphatic heterocycles. The summed E-state index contributed by atoms with van der Waals surface area (Å²) < 4.78 is 11.0. The van der Waals surface area contributed by atoms with Crippen LogP contribution in [0, 0.1) is 0 Å². The number of hydrogen-bond acceptors (Lipinski definition) is 3. The zero-order chi connectivity index (χ0) is 11.2. The monoisotopic (exact) mass is 257 g/mol. The Morgan fingerprint density at radius 1 is 1.18 bits per heavy atom. The molecule has 0 atom stereocenters. The van der Waals surface area contributed by atoms with Crippen LogP contribution in [0.1, 0.15) is 18.4 Å². The molecule has 96 valence electrons. The van der Waals surface area contributed by atoms with Crippen LogP contribution in [0.5, 0.6) is 5.75 Å². The van der Waals surface area contributed by atoms with Crippen LogP contribution in [0.4, 0.5) is 0 Å². The number of benzene rings is 1. The summed E-state index contributed by atoms with van der Waals surface area (Å²) in [5, 5.41) is 3.33. The summed E-state index contributed by atoms with van der Waals surface area (Å²) in [4.78, 5) is 0. The zero-order valence-electron chi connectivity index (χ0n) is 10.1. The van der Waals surface area contributed by atoms with Crippen molar-refractivity contribution in [3.05, 3.63) is 29.8 Å². The summed E-state index contributed by atoms with van der Waals surface area (Å²) in [6.45, 7) is 2.86. The van der Waals surface area contributed by atoms with Crippen molar-refractivity contribution in [2.75, 3.05) is 20.2 Å². The molecule has 2 rings (SSSR count). The molecular formula is C13H20ClNO2. The van der Waals surface area contributed by atoms with Crippen molar-refractivity contribution in [1.82, 2.24) is 5.32 Å². The lowest BCUT2D eigenvalue weighted by Crippen LogP contribution is -2.32. The molecule has 17 heavy (non-hydrogen) atoms. The van der Waals surface area contributed by atoms with Crippen LogP contribution in [-0.2, 0) is 11.3 Å². The summed E-state index contributed by atoms with van der Waals surface area (Å²) in [5.41, 5.74) is 1.21. The van der Waals surface area contributed by atoms with Gasteiger partial charge in [0.1, 0.15) is 5.75 Å². The number of methoxy groups -OCH3 is 1. The molecule has 1 aromatic carbocycles. The molecule has 0 bridgehead atoms. The van der Waals surface area contributed by atoms with E-state index in [1.807, 2.05) is 12.1 Å². The van der Waals surface area contributed by atoms with Gasteiger partial charge in [0, 0.05) is 0 Å². The predicted octanol–water partition coefficient (Wildman–Crippen LogP) is 2.39. The van der Waals surface area contributed by atoms with Gasteiger partial charge in [-0.05, 0) is 43.6 Å². The molecule has 0 saturated carbocycles. The summed E-state index contributed by atoms with van der Waals surface area (Å²) in [6, 6.07) is 8.06.